The van der Waals surface area contributed by atoms with Gasteiger partial charge in [0.25, 0.3) is 11.8 Å². The van der Waals surface area contributed by atoms with E-state index in [1.54, 1.807) is 49.4 Å². The second-order valence-corrected chi connectivity index (χ2v) is 9.05. The van der Waals surface area contributed by atoms with E-state index in [2.05, 4.69) is 0 Å². The van der Waals surface area contributed by atoms with Crippen molar-refractivity contribution < 1.29 is 28.7 Å². The molecule has 0 saturated heterocycles. The summed E-state index contributed by atoms with van der Waals surface area (Å²) < 4.78 is 12.9. The number of hydrogen-bond acceptors (Lipinski definition) is 6. The summed E-state index contributed by atoms with van der Waals surface area (Å²) in [5.74, 6) is -2.12. The molecule has 1 aliphatic heterocycles. The molecule has 38 heavy (non-hydrogen) atoms. The van der Waals surface area contributed by atoms with E-state index in [0.717, 1.165) is 21.7 Å². The highest BCUT2D eigenvalue weighted by atomic mass is 16.5. The third kappa shape index (κ3) is 4.24. The molecule has 5 rings (SSSR count). The molecule has 3 aromatic carbocycles. The third-order valence-electron chi connectivity index (χ3n) is 6.73. The predicted octanol–water partition coefficient (Wildman–Crippen LogP) is 4.76. The van der Waals surface area contributed by atoms with Crippen molar-refractivity contribution in [2.24, 2.45) is 0 Å². The normalized spacial score (nSPS) is 13.5. The number of hydrogen-bond donors (Lipinski definition) is 0. The maximum Gasteiger partial charge on any atom is 0.340 e. The second-order valence-electron chi connectivity index (χ2n) is 9.05. The molecule has 0 saturated carbocycles. The Kier molecular flexibility index (Phi) is 6.55. The van der Waals surface area contributed by atoms with Crippen LogP contribution < -0.4 is 4.74 Å². The number of carbonyl (C=O) groups is 4. The van der Waals surface area contributed by atoms with Crippen LogP contribution >= 0.6 is 0 Å². The molecule has 1 aromatic heterocycles. The lowest BCUT2D eigenvalue weighted by Gasteiger charge is -2.20. The Hall–Kier alpha value is -4.72. The standard InChI is InChI=1S/C30H26N2O6/c1-4-37-30(36)26-18(2)31(17-20-10-6-5-7-11-20)25-15-14-21(16-24(25)26)38-29(35)19(3)32-27(33)22-12-8-9-13-23(22)28(32)34/h5-16,19H,4,17H2,1-3H3/t19-/m1/s1. The van der Waals surface area contributed by atoms with E-state index in [1.807, 2.05) is 41.8 Å². The first-order valence-electron chi connectivity index (χ1n) is 12.3. The fourth-order valence-corrected chi connectivity index (χ4v) is 4.82. The van der Waals surface area contributed by atoms with Crippen molar-refractivity contribution in [1.82, 2.24) is 9.47 Å². The zero-order valence-corrected chi connectivity index (χ0v) is 21.3. The van der Waals surface area contributed by atoms with Gasteiger partial charge in [0.1, 0.15) is 11.8 Å². The Bertz CT molecular complexity index is 1550. The Morgan fingerprint density at radius 2 is 1.53 bits per heavy atom. The SMILES string of the molecule is CCOC(=O)c1c(C)n(Cc2ccccc2)c2ccc(OC(=O)[C@@H](C)N3C(=O)c4ccccc4C3=O)cc12. The number of fused-ring (bicyclic) bond motifs is 2. The first kappa shape index (κ1) is 25.0. The average molecular weight is 511 g/mol. The Morgan fingerprint density at radius 1 is 0.895 bits per heavy atom. The average Bonchev–Trinajstić information content (AvgIpc) is 3.33. The number of nitrogens with zero attached hydrogens (tertiary/aromatic N) is 2. The molecule has 0 radical (unpaired) electrons. The lowest BCUT2D eigenvalue weighted by atomic mass is 10.1. The number of aromatic nitrogens is 1. The van der Waals surface area contributed by atoms with Crippen molar-refractivity contribution in [3.8, 4) is 5.75 Å². The van der Waals surface area contributed by atoms with E-state index in [0.29, 0.717) is 17.5 Å². The van der Waals surface area contributed by atoms with Crippen molar-refractivity contribution in [1.29, 1.82) is 0 Å². The van der Waals surface area contributed by atoms with Gasteiger partial charge in [-0.25, -0.2) is 9.59 Å². The first-order chi connectivity index (χ1) is 18.3. The predicted molar refractivity (Wildman–Crippen MR) is 140 cm³/mol. The lowest BCUT2D eigenvalue weighted by molar-refractivity contribution is -0.138. The van der Waals surface area contributed by atoms with Gasteiger partial charge in [0.15, 0.2) is 0 Å². The summed E-state index contributed by atoms with van der Waals surface area (Å²) in [7, 11) is 0. The van der Waals surface area contributed by atoms with Crippen molar-refractivity contribution >= 4 is 34.7 Å². The molecular formula is C30H26N2O6. The van der Waals surface area contributed by atoms with Gasteiger partial charge in [-0.05, 0) is 56.7 Å². The molecule has 2 amide bonds. The fourth-order valence-electron chi connectivity index (χ4n) is 4.82. The molecule has 0 N–H and O–H groups in total. The van der Waals surface area contributed by atoms with Gasteiger partial charge in [-0.15, -0.1) is 0 Å². The van der Waals surface area contributed by atoms with E-state index >= 15 is 0 Å². The minimum Gasteiger partial charge on any atom is -0.462 e. The lowest BCUT2D eigenvalue weighted by Crippen LogP contribution is -2.44. The molecule has 1 atom stereocenters. The second kappa shape index (κ2) is 9.97. The van der Waals surface area contributed by atoms with Crippen molar-refractivity contribution in [2.75, 3.05) is 6.61 Å². The molecule has 8 heteroatoms. The van der Waals surface area contributed by atoms with Crippen LogP contribution in [-0.2, 0) is 16.1 Å². The van der Waals surface area contributed by atoms with Crippen molar-refractivity contribution in [3.05, 3.63) is 101 Å². The summed E-state index contributed by atoms with van der Waals surface area (Å²) in [5, 5.41) is 0.579. The van der Waals surface area contributed by atoms with E-state index in [-0.39, 0.29) is 23.5 Å². The highest BCUT2D eigenvalue weighted by molar-refractivity contribution is 6.22. The quantitative estimate of drug-likeness (QED) is 0.202. The molecular weight excluding hydrogens is 484 g/mol. The zero-order chi connectivity index (χ0) is 27.0. The van der Waals surface area contributed by atoms with Crippen LogP contribution in [0.3, 0.4) is 0 Å². The maximum atomic E-state index is 13.0. The molecule has 0 fully saturated rings. The van der Waals surface area contributed by atoms with Crippen molar-refractivity contribution in [2.45, 2.75) is 33.4 Å². The number of amides is 2. The van der Waals surface area contributed by atoms with Gasteiger partial charge in [0.2, 0.25) is 0 Å². The smallest absolute Gasteiger partial charge is 0.340 e. The zero-order valence-electron chi connectivity index (χ0n) is 21.3. The molecule has 0 unspecified atom stereocenters. The number of rotatable bonds is 7. The van der Waals surface area contributed by atoms with Crippen LogP contribution in [0.25, 0.3) is 10.9 Å². The maximum absolute atomic E-state index is 13.0. The van der Waals surface area contributed by atoms with E-state index < -0.39 is 29.8 Å². The van der Waals surface area contributed by atoms with Gasteiger partial charge in [-0.2, -0.15) is 0 Å². The van der Waals surface area contributed by atoms with Crippen LogP contribution in [0, 0.1) is 6.92 Å². The Labute approximate surface area is 219 Å². The summed E-state index contributed by atoms with van der Waals surface area (Å²) in [4.78, 5) is 52.5. The van der Waals surface area contributed by atoms with Gasteiger partial charge < -0.3 is 14.0 Å². The molecule has 8 nitrogen and oxygen atoms in total. The Balaban J connectivity index is 1.46. The molecule has 1 aliphatic rings. The van der Waals surface area contributed by atoms with Gasteiger partial charge in [-0.1, -0.05) is 42.5 Å². The molecule has 0 spiro atoms. The summed E-state index contributed by atoms with van der Waals surface area (Å²) in [6, 6.07) is 20.2. The van der Waals surface area contributed by atoms with E-state index in [1.165, 1.54) is 6.92 Å². The monoisotopic (exact) mass is 510 g/mol. The number of carbonyl (C=O) groups excluding carboxylic acids is 4. The van der Waals surface area contributed by atoms with E-state index in [4.69, 9.17) is 9.47 Å². The van der Waals surface area contributed by atoms with Crippen LogP contribution in [0.5, 0.6) is 5.75 Å². The highest BCUT2D eigenvalue weighted by Gasteiger charge is 2.41. The molecule has 2 heterocycles. The highest BCUT2D eigenvalue weighted by Crippen LogP contribution is 2.32. The van der Waals surface area contributed by atoms with E-state index in [9.17, 15) is 19.2 Å². The number of ether oxygens (including phenoxy) is 2. The number of benzene rings is 3. The molecule has 0 aliphatic carbocycles. The Morgan fingerprint density at radius 3 is 2.16 bits per heavy atom. The van der Waals surface area contributed by atoms with Crippen molar-refractivity contribution in [3.63, 3.8) is 0 Å². The van der Waals surface area contributed by atoms with Crippen LogP contribution in [0.4, 0.5) is 0 Å². The van der Waals surface area contributed by atoms with Crippen LogP contribution in [0.15, 0.2) is 72.8 Å². The first-order valence-corrected chi connectivity index (χ1v) is 12.3. The number of esters is 2. The minimum atomic E-state index is -1.15. The van der Waals surface area contributed by atoms with Crippen LogP contribution in [0.2, 0.25) is 0 Å². The van der Waals surface area contributed by atoms with Crippen LogP contribution in [-0.4, -0.2) is 45.9 Å². The minimum absolute atomic E-state index is 0.188. The summed E-state index contributed by atoms with van der Waals surface area (Å²) in [5.41, 5.74) is 3.48. The number of imide groups is 1. The van der Waals surface area contributed by atoms with Gasteiger partial charge in [0, 0.05) is 23.1 Å². The largest absolute Gasteiger partial charge is 0.462 e. The van der Waals surface area contributed by atoms with Crippen LogP contribution in [0.1, 0.15) is 56.2 Å². The molecule has 0 bridgehead atoms. The topological polar surface area (TPSA) is 94.9 Å². The summed E-state index contributed by atoms with van der Waals surface area (Å²) in [6.45, 7) is 5.80. The molecule has 192 valence electrons. The summed E-state index contributed by atoms with van der Waals surface area (Å²) >= 11 is 0. The van der Waals surface area contributed by atoms with Gasteiger partial charge >= 0.3 is 11.9 Å². The fraction of sp³-hybridized carbons (Fsp3) is 0.200. The van der Waals surface area contributed by atoms with Gasteiger partial charge in [0.05, 0.1) is 23.3 Å². The summed E-state index contributed by atoms with van der Waals surface area (Å²) in [6.07, 6.45) is 0. The third-order valence-corrected chi connectivity index (χ3v) is 6.73. The molecule has 4 aromatic rings. The van der Waals surface area contributed by atoms with Gasteiger partial charge in [-0.3, -0.25) is 14.5 Å².